The summed E-state index contributed by atoms with van der Waals surface area (Å²) in [5, 5.41) is 1.07. The highest BCUT2D eigenvalue weighted by molar-refractivity contribution is 5.87. The van der Waals surface area contributed by atoms with Crippen molar-refractivity contribution in [1.82, 2.24) is 24.8 Å². The van der Waals surface area contributed by atoms with Crippen molar-refractivity contribution in [3.63, 3.8) is 0 Å². The van der Waals surface area contributed by atoms with Crippen LogP contribution in [0.5, 0.6) is 0 Å². The molecule has 2 aliphatic rings. The van der Waals surface area contributed by atoms with E-state index in [-0.39, 0.29) is 11.3 Å². The topological polar surface area (TPSA) is 78.0 Å². The average Bonchev–Trinajstić information content (AvgIpc) is 3.24. The van der Waals surface area contributed by atoms with Crippen molar-refractivity contribution in [3.8, 4) is 0 Å². The van der Waals surface area contributed by atoms with Gasteiger partial charge >= 0.3 is 0 Å². The molecule has 5 heterocycles. The molecule has 3 aromatic rings. The fourth-order valence-electron chi connectivity index (χ4n) is 4.93. The van der Waals surface area contributed by atoms with Crippen LogP contribution >= 0.6 is 0 Å². The number of piperidine rings is 2. The summed E-state index contributed by atoms with van der Waals surface area (Å²) in [5.41, 5.74) is 2.07. The number of carbonyl (C=O) groups is 1. The van der Waals surface area contributed by atoms with Crippen molar-refractivity contribution in [3.05, 3.63) is 48.7 Å². The molecular weight excluding hydrogens is 364 g/mol. The lowest BCUT2D eigenvalue weighted by Gasteiger charge is -2.48. The highest BCUT2D eigenvalue weighted by Crippen LogP contribution is 2.40. The minimum atomic E-state index is 0.143. The van der Waals surface area contributed by atoms with Crippen LogP contribution in [0.25, 0.3) is 11.0 Å². The molecule has 2 fully saturated rings. The summed E-state index contributed by atoms with van der Waals surface area (Å²) in [4.78, 5) is 33.6. The maximum absolute atomic E-state index is 12.6. The van der Waals surface area contributed by atoms with Crippen molar-refractivity contribution >= 4 is 22.8 Å². The smallest absolute Gasteiger partial charge is 0.222 e. The number of fused-ring (bicyclic) bond motifs is 1. The first-order valence-corrected chi connectivity index (χ1v) is 10.4. The van der Waals surface area contributed by atoms with Gasteiger partial charge in [-0.25, -0.2) is 9.97 Å². The van der Waals surface area contributed by atoms with E-state index in [1.165, 1.54) is 0 Å². The monoisotopic (exact) mass is 390 g/mol. The Bertz CT molecular complexity index is 1000. The van der Waals surface area contributed by atoms with Crippen molar-refractivity contribution < 1.29 is 4.79 Å². The van der Waals surface area contributed by atoms with Gasteiger partial charge in [0.2, 0.25) is 5.91 Å². The van der Waals surface area contributed by atoms with Gasteiger partial charge in [0.1, 0.15) is 17.8 Å². The molecule has 150 valence electrons. The van der Waals surface area contributed by atoms with E-state index in [0.717, 1.165) is 74.4 Å². The Morgan fingerprint density at radius 3 is 2.97 bits per heavy atom. The van der Waals surface area contributed by atoms with E-state index in [9.17, 15) is 4.79 Å². The summed E-state index contributed by atoms with van der Waals surface area (Å²) < 4.78 is 0. The largest absolute Gasteiger partial charge is 0.355 e. The van der Waals surface area contributed by atoms with Gasteiger partial charge in [-0.15, -0.1) is 0 Å². The number of carbonyl (C=O) groups excluding carboxylic acids is 1. The lowest BCUT2D eigenvalue weighted by Crippen LogP contribution is -2.54. The molecule has 0 saturated carbocycles. The molecule has 7 nitrogen and oxygen atoms in total. The lowest BCUT2D eigenvalue weighted by molar-refractivity contribution is -0.137. The molecule has 29 heavy (non-hydrogen) atoms. The Morgan fingerprint density at radius 2 is 2.07 bits per heavy atom. The number of hydrogen-bond donors (Lipinski definition) is 1. The summed E-state index contributed by atoms with van der Waals surface area (Å²) in [6.07, 6.45) is 10.1. The minimum Gasteiger partial charge on any atom is -0.355 e. The predicted octanol–water partition coefficient (Wildman–Crippen LogP) is 2.80. The van der Waals surface area contributed by atoms with Crippen molar-refractivity contribution in [1.29, 1.82) is 0 Å². The zero-order valence-corrected chi connectivity index (χ0v) is 16.5. The third kappa shape index (κ3) is 3.57. The number of likely N-dealkylation sites (tertiary alicyclic amines) is 1. The zero-order valence-electron chi connectivity index (χ0n) is 16.5. The average molecular weight is 390 g/mol. The number of aromatic nitrogens is 4. The quantitative estimate of drug-likeness (QED) is 0.741. The van der Waals surface area contributed by atoms with E-state index in [2.05, 4.69) is 35.8 Å². The van der Waals surface area contributed by atoms with Crippen LogP contribution < -0.4 is 4.90 Å². The van der Waals surface area contributed by atoms with Crippen molar-refractivity contribution in [2.24, 2.45) is 5.41 Å². The van der Waals surface area contributed by atoms with Crippen LogP contribution in [0.1, 0.15) is 31.4 Å². The third-order valence-corrected chi connectivity index (χ3v) is 6.41. The molecule has 0 aliphatic carbocycles. The second kappa shape index (κ2) is 7.46. The number of aromatic amines is 1. The number of nitrogens with one attached hydrogen (secondary N) is 1. The first kappa shape index (κ1) is 18.1. The third-order valence-electron chi connectivity index (χ3n) is 6.41. The molecule has 0 aromatic carbocycles. The molecule has 1 amide bonds. The normalized spacial score (nSPS) is 22.6. The second-order valence-electron chi connectivity index (χ2n) is 8.35. The Balaban J connectivity index is 1.33. The van der Waals surface area contributed by atoms with Crippen LogP contribution in [0, 0.1) is 5.41 Å². The SMILES string of the molecule is O=C1CCC2(CCCN(c3ncnc4[nH]ccc34)C2)CN1CCc1ccccn1. The Hall–Kier alpha value is -2.96. The Morgan fingerprint density at radius 1 is 1.10 bits per heavy atom. The molecule has 0 bridgehead atoms. The number of pyridine rings is 1. The van der Waals surface area contributed by atoms with Gasteiger partial charge in [0.15, 0.2) is 0 Å². The van der Waals surface area contributed by atoms with Gasteiger partial charge in [-0.1, -0.05) is 6.07 Å². The van der Waals surface area contributed by atoms with Crippen molar-refractivity contribution in [2.45, 2.75) is 32.1 Å². The summed E-state index contributed by atoms with van der Waals surface area (Å²) in [6.45, 7) is 3.52. The number of nitrogens with zero attached hydrogens (tertiary/aromatic N) is 5. The van der Waals surface area contributed by atoms with E-state index in [1.54, 1.807) is 6.33 Å². The van der Waals surface area contributed by atoms with Crippen LogP contribution in [0.3, 0.4) is 0 Å². The Labute approximate surface area is 170 Å². The standard InChI is InChI=1S/C22H26N6O/c29-19-5-9-22(14-27(19)13-7-17-4-1-2-10-23-17)8-3-12-28(15-22)21-18-6-11-24-20(18)25-16-26-21/h1-2,4,6,10-11,16H,3,5,7-9,12-15H2,(H,24,25,26). The highest BCUT2D eigenvalue weighted by atomic mass is 16.2. The number of amides is 1. The molecule has 1 spiro atoms. The number of anilines is 1. The summed E-state index contributed by atoms with van der Waals surface area (Å²) in [7, 11) is 0. The molecule has 7 heteroatoms. The maximum Gasteiger partial charge on any atom is 0.222 e. The second-order valence-corrected chi connectivity index (χ2v) is 8.35. The lowest BCUT2D eigenvalue weighted by atomic mass is 9.73. The molecule has 1 N–H and O–H groups in total. The minimum absolute atomic E-state index is 0.143. The fraction of sp³-hybridized carbons (Fsp3) is 0.455. The molecule has 5 rings (SSSR count). The Kier molecular flexibility index (Phi) is 4.66. The molecule has 2 aliphatic heterocycles. The number of H-pyrrole nitrogens is 1. The van der Waals surface area contributed by atoms with E-state index in [1.807, 2.05) is 30.6 Å². The number of rotatable bonds is 4. The summed E-state index contributed by atoms with van der Waals surface area (Å²) in [5.74, 6) is 1.28. The van der Waals surface area contributed by atoms with Crippen LogP contribution in [-0.2, 0) is 11.2 Å². The van der Waals surface area contributed by atoms with Crippen LogP contribution in [-0.4, -0.2) is 56.9 Å². The van der Waals surface area contributed by atoms with Gasteiger partial charge in [0, 0.05) is 62.5 Å². The molecule has 0 radical (unpaired) electrons. The fourth-order valence-corrected chi connectivity index (χ4v) is 4.93. The maximum atomic E-state index is 12.6. The summed E-state index contributed by atoms with van der Waals surface area (Å²) >= 11 is 0. The van der Waals surface area contributed by atoms with Crippen LogP contribution in [0.4, 0.5) is 5.82 Å². The van der Waals surface area contributed by atoms with Gasteiger partial charge in [-0.05, 0) is 37.5 Å². The van der Waals surface area contributed by atoms with Gasteiger partial charge in [-0.2, -0.15) is 0 Å². The molecule has 3 aromatic heterocycles. The predicted molar refractivity (Wildman–Crippen MR) is 112 cm³/mol. The highest BCUT2D eigenvalue weighted by Gasteiger charge is 2.42. The first-order valence-electron chi connectivity index (χ1n) is 10.4. The molecule has 1 atom stereocenters. The summed E-state index contributed by atoms with van der Waals surface area (Å²) in [6, 6.07) is 8.01. The zero-order chi connectivity index (χ0) is 19.7. The van der Waals surface area contributed by atoms with Gasteiger partial charge in [-0.3, -0.25) is 9.78 Å². The van der Waals surface area contributed by atoms with Crippen LogP contribution in [0.2, 0.25) is 0 Å². The van der Waals surface area contributed by atoms with E-state index in [4.69, 9.17) is 0 Å². The van der Waals surface area contributed by atoms with Gasteiger partial charge in [0.05, 0.1) is 5.39 Å². The molecular formula is C22H26N6O. The molecule has 2 saturated heterocycles. The van der Waals surface area contributed by atoms with Gasteiger partial charge in [0.25, 0.3) is 0 Å². The van der Waals surface area contributed by atoms with Gasteiger partial charge < -0.3 is 14.8 Å². The number of hydrogen-bond acceptors (Lipinski definition) is 5. The first-order chi connectivity index (χ1) is 14.2. The van der Waals surface area contributed by atoms with E-state index >= 15 is 0 Å². The molecule has 1 unspecified atom stereocenters. The van der Waals surface area contributed by atoms with E-state index < -0.39 is 0 Å². The van der Waals surface area contributed by atoms with E-state index in [0.29, 0.717) is 6.42 Å². The van der Waals surface area contributed by atoms with Crippen molar-refractivity contribution in [2.75, 3.05) is 31.1 Å². The van der Waals surface area contributed by atoms with Crippen LogP contribution in [0.15, 0.2) is 43.0 Å².